The molecular weight excluding hydrogens is 423 g/mol. The molecule has 0 atom stereocenters. The second kappa shape index (κ2) is 8.15. The van der Waals surface area contributed by atoms with Crippen LogP contribution in [0.1, 0.15) is 27.2 Å². The van der Waals surface area contributed by atoms with Gasteiger partial charge in [-0.3, -0.25) is 4.79 Å². The lowest BCUT2D eigenvalue weighted by Gasteiger charge is -2.16. The van der Waals surface area contributed by atoms with Gasteiger partial charge in [-0.15, -0.1) is 5.10 Å². The maximum atomic E-state index is 13.1. The zero-order valence-corrected chi connectivity index (χ0v) is 16.2. The van der Waals surface area contributed by atoms with Gasteiger partial charge in [-0.2, -0.15) is 18.4 Å². The number of nitrogens with one attached hydrogen (secondary N) is 3. The van der Waals surface area contributed by atoms with Gasteiger partial charge >= 0.3 is 6.18 Å². The first-order chi connectivity index (χ1) is 15.3. The second-order valence-corrected chi connectivity index (χ2v) is 6.82. The van der Waals surface area contributed by atoms with Crippen LogP contribution in [-0.4, -0.2) is 27.1 Å². The van der Waals surface area contributed by atoms with Crippen LogP contribution < -0.4 is 16.2 Å². The zero-order valence-electron chi connectivity index (χ0n) is 16.2. The quantitative estimate of drug-likeness (QED) is 0.413. The molecule has 11 heteroatoms. The molecule has 160 valence electrons. The molecule has 3 aromatic rings. The van der Waals surface area contributed by atoms with E-state index in [1.165, 1.54) is 28.9 Å². The highest BCUT2D eigenvalue weighted by Crippen LogP contribution is 2.41. The minimum Gasteiger partial charge on any atom is -0.346 e. The molecule has 1 saturated heterocycles. The van der Waals surface area contributed by atoms with Crippen molar-refractivity contribution in [3.63, 3.8) is 0 Å². The molecule has 8 nitrogen and oxygen atoms in total. The minimum atomic E-state index is -4.51. The number of hydrazine groups is 1. The number of hydrogen-bond donors (Lipinski definition) is 3. The standard InChI is InChI=1S/C21H14F3N7O/c22-21(23,24)20(28-29-20)16-7-5-15(6-8-16)19(32)26-12-17-13-31(30-27-17)18-9-3-14(4-10-18)2-1-11-25/h3-10,13,28-29H,12H2,(H,26,32). The van der Waals surface area contributed by atoms with Gasteiger partial charge in [0.25, 0.3) is 5.91 Å². The lowest BCUT2D eigenvalue weighted by Crippen LogP contribution is -2.34. The molecule has 0 saturated carbocycles. The van der Waals surface area contributed by atoms with Crippen molar-refractivity contribution in [2.45, 2.75) is 18.4 Å². The highest BCUT2D eigenvalue weighted by molar-refractivity contribution is 5.94. The number of alkyl halides is 3. The van der Waals surface area contributed by atoms with Crippen LogP contribution in [0.25, 0.3) is 5.69 Å². The summed E-state index contributed by atoms with van der Waals surface area (Å²) in [5.74, 6) is 4.54. The number of halogens is 3. The van der Waals surface area contributed by atoms with Gasteiger partial charge in [-0.1, -0.05) is 23.3 Å². The van der Waals surface area contributed by atoms with Gasteiger partial charge in [0.1, 0.15) is 5.69 Å². The molecule has 4 rings (SSSR count). The van der Waals surface area contributed by atoms with Gasteiger partial charge < -0.3 is 5.32 Å². The van der Waals surface area contributed by atoms with Crippen LogP contribution in [0.2, 0.25) is 0 Å². The van der Waals surface area contributed by atoms with Crippen molar-refractivity contribution in [2.75, 3.05) is 0 Å². The van der Waals surface area contributed by atoms with Crippen LogP contribution in [0.3, 0.4) is 0 Å². The molecule has 0 bridgehead atoms. The fraction of sp³-hybridized carbons (Fsp3) is 0.143. The summed E-state index contributed by atoms with van der Waals surface area (Å²) in [6.07, 6.45) is -2.87. The van der Waals surface area contributed by atoms with Crippen LogP contribution in [0.15, 0.2) is 54.7 Å². The van der Waals surface area contributed by atoms with E-state index in [0.29, 0.717) is 16.9 Å². The van der Waals surface area contributed by atoms with E-state index in [9.17, 15) is 18.0 Å². The second-order valence-electron chi connectivity index (χ2n) is 6.82. The molecule has 0 radical (unpaired) electrons. The fourth-order valence-corrected chi connectivity index (χ4v) is 2.96. The first-order valence-corrected chi connectivity index (χ1v) is 9.24. The van der Waals surface area contributed by atoms with Crippen molar-refractivity contribution in [3.8, 4) is 23.6 Å². The molecule has 1 amide bonds. The van der Waals surface area contributed by atoms with Gasteiger partial charge in [0, 0.05) is 17.0 Å². The van der Waals surface area contributed by atoms with Crippen molar-refractivity contribution in [1.82, 2.24) is 31.2 Å². The summed E-state index contributed by atoms with van der Waals surface area (Å²) in [6.45, 7) is 0.0852. The summed E-state index contributed by atoms with van der Waals surface area (Å²) in [6, 6.07) is 13.9. The molecule has 0 unspecified atom stereocenters. The van der Waals surface area contributed by atoms with E-state index in [-0.39, 0.29) is 17.7 Å². The van der Waals surface area contributed by atoms with Crippen LogP contribution in [-0.2, 0) is 12.2 Å². The van der Waals surface area contributed by atoms with Crippen LogP contribution in [0, 0.1) is 23.2 Å². The maximum Gasteiger partial charge on any atom is 0.426 e. The van der Waals surface area contributed by atoms with Crippen molar-refractivity contribution >= 4 is 5.91 Å². The van der Waals surface area contributed by atoms with E-state index in [0.717, 1.165) is 0 Å². The highest BCUT2D eigenvalue weighted by atomic mass is 19.4. The molecule has 2 aromatic carbocycles. The molecule has 0 aliphatic carbocycles. The summed E-state index contributed by atoms with van der Waals surface area (Å²) in [5, 5.41) is 19.1. The summed E-state index contributed by atoms with van der Waals surface area (Å²) >= 11 is 0. The number of nitrogens with zero attached hydrogens (tertiary/aromatic N) is 4. The lowest BCUT2D eigenvalue weighted by molar-refractivity contribution is -0.165. The largest absolute Gasteiger partial charge is 0.426 e. The number of nitriles is 1. The van der Waals surface area contributed by atoms with Gasteiger partial charge in [0.05, 0.1) is 18.4 Å². The molecule has 1 fully saturated rings. The third-order valence-electron chi connectivity index (χ3n) is 4.75. The zero-order chi connectivity index (χ0) is 22.8. The van der Waals surface area contributed by atoms with E-state index in [1.807, 2.05) is 0 Å². The number of aromatic nitrogens is 3. The summed E-state index contributed by atoms with van der Waals surface area (Å²) in [5.41, 5.74) is 4.04. The first kappa shape index (κ1) is 21.1. The Morgan fingerprint density at radius 1 is 1.12 bits per heavy atom. The molecule has 1 aliphatic rings. The average Bonchev–Trinajstić information content (AvgIpc) is 3.49. The number of carbonyl (C=O) groups excluding carboxylic acids is 1. The Kier molecular flexibility index (Phi) is 5.36. The number of rotatable bonds is 5. The third-order valence-corrected chi connectivity index (χ3v) is 4.75. The Hall–Kier alpha value is -4.19. The van der Waals surface area contributed by atoms with Crippen LogP contribution >= 0.6 is 0 Å². The van der Waals surface area contributed by atoms with Crippen LogP contribution in [0.4, 0.5) is 13.2 Å². The normalized spacial score (nSPS) is 14.1. The van der Waals surface area contributed by atoms with Gasteiger partial charge in [0.2, 0.25) is 5.66 Å². The SMILES string of the molecule is N#CC#Cc1ccc(-n2cc(CNC(=O)c3ccc(C4(C(F)(F)F)NN4)cc3)nn2)cc1. The van der Waals surface area contributed by atoms with Crippen molar-refractivity contribution in [1.29, 1.82) is 5.26 Å². The van der Waals surface area contributed by atoms with Crippen molar-refractivity contribution in [3.05, 3.63) is 77.1 Å². The number of hydrogen-bond acceptors (Lipinski definition) is 6. The van der Waals surface area contributed by atoms with E-state index in [4.69, 9.17) is 5.26 Å². The summed E-state index contributed by atoms with van der Waals surface area (Å²) in [4.78, 5) is 12.3. The predicted octanol–water partition coefficient (Wildman–Crippen LogP) is 1.90. The smallest absolute Gasteiger partial charge is 0.346 e. The van der Waals surface area contributed by atoms with Crippen molar-refractivity contribution in [2.24, 2.45) is 0 Å². The predicted molar refractivity (Wildman–Crippen MR) is 105 cm³/mol. The Morgan fingerprint density at radius 3 is 2.41 bits per heavy atom. The molecule has 32 heavy (non-hydrogen) atoms. The molecule has 3 N–H and O–H groups in total. The van der Waals surface area contributed by atoms with E-state index in [2.05, 4.69) is 38.3 Å². The molecular formula is C21H14F3N7O. The van der Waals surface area contributed by atoms with Gasteiger partial charge in [0.15, 0.2) is 6.07 Å². The lowest BCUT2D eigenvalue weighted by atomic mass is 10.0. The third kappa shape index (κ3) is 4.16. The van der Waals surface area contributed by atoms with Crippen molar-refractivity contribution < 1.29 is 18.0 Å². The van der Waals surface area contributed by atoms with E-state index in [1.54, 1.807) is 36.5 Å². The highest BCUT2D eigenvalue weighted by Gasteiger charge is 2.65. The summed E-state index contributed by atoms with van der Waals surface area (Å²) < 4.78 is 40.8. The summed E-state index contributed by atoms with van der Waals surface area (Å²) in [7, 11) is 0. The minimum absolute atomic E-state index is 0.0332. The molecule has 1 aromatic heterocycles. The Morgan fingerprint density at radius 2 is 1.81 bits per heavy atom. The molecule has 2 heterocycles. The van der Waals surface area contributed by atoms with E-state index >= 15 is 0 Å². The topological polar surface area (TPSA) is 127 Å². The molecule has 1 aliphatic heterocycles. The molecule has 0 spiro atoms. The Balaban J connectivity index is 1.37. The first-order valence-electron chi connectivity index (χ1n) is 9.24. The van der Waals surface area contributed by atoms with Gasteiger partial charge in [-0.05, 0) is 42.0 Å². The number of amides is 1. The van der Waals surface area contributed by atoms with E-state index < -0.39 is 17.7 Å². The van der Waals surface area contributed by atoms with Gasteiger partial charge in [-0.25, -0.2) is 15.5 Å². The fourth-order valence-electron chi connectivity index (χ4n) is 2.96. The number of benzene rings is 2. The van der Waals surface area contributed by atoms with Crippen LogP contribution in [0.5, 0.6) is 0 Å². The maximum absolute atomic E-state index is 13.1. The monoisotopic (exact) mass is 437 g/mol. The number of carbonyl (C=O) groups is 1. The average molecular weight is 437 g/mol. The Labute approximate surface area is 180 Å². The Bertz CT molecular complexity index is 1240.